The second kappa shape index (κ2) is 27.9. The minimum atomic E-state index is -0.859. The van der Waals surface area contributed by atoms with Gasteiger partial charge in [-0.3, -0.25) is 4.79 Å². The molecule has 268 valence electrons. The van der Waals surface area contributed by atoms with E-state index in [-0.39, 0.29) is 19.1 Å². The Bertz CT molecular complexity index is 879. The van der Waals surface area contributed by atoms with E-state index in [9.17, 15) is 9.59 Å². The molecule has 0 spiro atoms. The Morgan fingerprint density at radius 1 is 0.804 bits per heavy atom. The number of ether oxygens (including phenoxy) is 3. The number of hydrogen-bond donors (Lipinski definition) is 1. The summed E-state index contributed by atoms with van der Waals surface area (Å²) in [5.74, 6) is -0.859. The average molecular weight is 652 g/mol. The first-order chi connectivity index (χ1) is 22.3. The lowest BCUT2D eigenvalue weighted by atomic mass is 10.0. The summed E-state index contributed by atoms with van der Waals surface area (Å²) in [5, 5.41) is 8.84. The molecule has 9 heteroatoms. The number of amides is 1. The van der Waals surface area contributed by atoms with Crippen LogP contribution < -0.4 is 0 Å². The number of carbonyl (C=O) groups excluding carboxylic acids is 1. The highest BCUT2D eigenvalue weighted by Gasteiger charge is 2.27. The van der Waals surface area contributed by atoms with Gasteiger partial charge in [-0.15, -0.1) is 0 Å². The molecule has 1 heterocycles. The van der Waals surface area contributed by atoms with Crippen LogP contribution in [0.25, 0.3) is 0 Å². The maximum absolute atomic E-state index is 12.5. The van der Waals surface area contributed by atoms with Crippen molar-refractivity contribution in [3.05, 3.63) is 18.2 Å². The van der Waals surface area contributed by atoms with Gasteiger partial charge >= 0.3 is 12.1 Å². The molecule has 0 saturated carbocycles. The van der Waals surface area contributed by atoms with Crippen LogP contribution in [-0.4, -0.2) is 77.7 Å². The third kappa shape index (κ3) is 23.2. The topological polar surface area (TPSA) is 103 Å². The van der Waals surface area contributed by atoms with Crippen molar-refractivity contribution in [2.45, 2.75) is 167 Å². The molecule has 9 nitrogen and oxygen atoms in total. The first-order valence-electron chi connectivity index (χ1n) is 18.5. The van der Waals surface area contributed by atoms with Gasteiger partial charge in [0, 0.05) is 40.1 Å². The Hall–Kier alpha value is -2.13. The molecule has 0 aliphatic carbocycles. The summed E-state index contributed by atoms with van der Waals surface area (Å²) in [6.45, 7) is 6.93. The van der Waals surface area contributed by atoms with E-state index in [1.54, 1.807) is 25.4 Å². The highest BCUT2D eigenvalue weighted by Crippen LogP contribution is 2.15. The van der Waals surface area contributed by atoms with E-state index in [0.29, 0.717) is 25.5 Å². The van der Waals surface area contributed by atoms with Crippen LogP contribution >= 0.6 is 0 Å². The standard InChI is InChI=1S/C37H69N3O6/c1-5-6-7-8-9-10-11-12-13-14-15-16-17-18-20-23-26-39(3)36(43)46-32-37(2,44-4)31-45-28-25-22-19-21-24-27-40-30-34(38-33-40)29-35(41)42/h30,33H,5-29,31-32H2,1-4H3,(H,41,42). The molecule has 0 radical (unpaired) electrons. The zero-order valence-electron chi connectivity index (χ0n) is 30.1. The van der Waals surface area contributed by atoms with Gasteiger partial charge in [0.15, 0.2) is 0 Å². The highest BCUT2D eigenvalue weighted by molar-refractivity contribution is 5.69. The van der Waals surface area contributed by atoms with E-state index in [1.807, 2.05) is 17.7 Å². The maximum atomic E-state index is 12.5. The molecule has 1 atom stereocenters. The monoisotopic (exact) mass is 652 g/mol. The molecule has 1 aromatic rings. The molecule has 0 aliphatic heterocycles. The lowest BCUT2D eigenvalue weighted by molar-refractivity contribution is -0.136. The molecular weight excluding hydrogens is 582 g/mol. The minimum absolute atomic E-state index is 0.0335. The van der Waals surface area contributed by atoms with Gasteiger partial charge in [-0.1, -0.05) is 122 Å². The number of carboxylic acid groups (broad SMARTS) is 1. The molecule has 1 unspecified atom stereocenters. The van der Waals surface area contributed by atoms with Crippen LogP contribution in [0.5, 0.6) is 0 Å². The fourth-order valence-electron chi connectivity index (χ4n) is 5.56. The molecule has 0 saturated heterocycles. The van der Waals surface area contributed by atoms with Crippen molar-refractivity contribution in [1.29, 1.82) is 0 Å². The van der Waals surface area contributed by atoms with Gasteiger partial charge < -0.3 is 28.8 Å². The van der Waals surface area contributed by atoms with Crippen LogP contribution in [-0.2, 0) is 32.0 Å². The van der Waals surface area contributed by atoms with Crippen molar-refractivity contribution in [3.8, 4) is 0 Å². The second-order valence-electron chi connectivity index (χ2n) is 13.4. The zero-order valence-corrected chi connectivity index (χ0v) is 30.1. The summed E-state index contributed by atoms with van der Waals surface area (Å²) in [6, 6.07) is 0. The SMILES string of the molecule is CCCCCCCCCCCCCCCCCCN(C)C(=O)OCC(C)(COCCCCCCCn1cnc(CC(=O)O)c1)OC. The lowest BCUT2D eigenvalue weighted by Crippen LogP contribution is -2.41. The van der Waals surface area contributed by atoms with Crippen molar-refractivity contribution in [2.24, 2.45) is 0 Å². The van der Waals surface area contributed by atoms with E-state index in [4.69, 9.17) is 19.3 Å². The van der Waals surface area contributed by atoms with Crippen molar-refractivity contribution >= 4 is 12.1 Å². The Morgan fingerprint density at radius 3 is 1.87 bits per heavy atom. The number of aromatic nitrogens is 2. The molecular formula is C37H69N3O6. The van der Waals surface area contributed by atoms with Gasteiger partial charge in [0.1, 0.15) is 12.2 Å². The second-order valence-corrected chi connectivity index (χ2v) is 13.4. The number of rotatable bonds is 32. The third-order valence-electron chi connectivity index (χ3n) is 8.78. The van der Waals surface area contributed by atoms with Gasteiger partial charge in [-0.2, -0.15) is 0 Å². The Balaban J connectivity index is 1.97. The number of nitrogens with zero attached hydrogens (tertiary/aromatic N) is 3. The molecule has 0 fully saturated rings. The molecule has 1 N–H and O–H groups in total. The first kappa shape index (κ1) is 41.9. The summed E-state index contributed by atoms with van der Waals surface area (Å²) >= 11 is 0. The predicted molar refractivity (Wildman–Crippen MR) is 186 cm³/mol. The predicted octanol–water partition coefficient (Wildman–Crippen LogP) is 9.21. The van der Waals surface area contributed by atoms with Crippen LogP contribution in [0.4, 0.5) is 4.79 Å². The van der Waals surface area contributed by atoms with Gasteiger partial charge in [0.2, 0.25) is 0 Å². The molecule has 0 aliphatic rings. The van der Waals surface area contributed by atoms with Gasteiger partial charge in [-0.05, 0) is 26.2 Å². The maximum Gasteiger partial charge on any atom is 0.409 e. The van der Waals surface area contributed by atoms with Gasteiger partial charge in [-0.25, -0.2) is 9.78 Å². The molecule has 1 amide bonds. The Kier molecular flexibility index (Phi) is 25.4. The number of unbranched alkanes of at least 4 members (excludes halogenated alkanes) is 19. The van der Waals surface area contributed by atoms with Crippen LogP contribution in [0.2, 0.25) is 0 Å². The van der Waals surface area contributed by atoms with E-state index < -0.39 is 11.6 Å². The molecule has 1 rings (SSSR count). The fourth-order valence-corrected chi connectivity index (χ4v) is 5.56. The van der Waals surface area contributed by atoms with Crippen LogP contribution in [0.15, 0.2) is 12.5 Å². The fraction of sp³-hybridized carbons (Fsp3) is 0.865. The van der Waals surface area contributed by atoms with Gasteiger partial charge in [0.25, 0.3) is 0 Å². The molecule has 46 heavy (non-hydrogen) atoms. The largest absolute Gasteiger partial charge is 0.481 e. The normalized spacial score (nSPS) is 12.7. The molecule has 1 aromatic heterocycles. The van der Waals surface area contributed by atoms with E-state index in [0.717, 1.165) is 51.5 Å². The number of carboxylic acids is 1. The summed E-state index contributed by atoms with van der Waals surface area (Å²) in [6.07, 6.45) is 29.9. The van der Waals surface area contributed by atoms with Crippen molar-refractivity contribution in [3.63, 3.8) is 0 Å². The summed E-state index contributed by atoms with van der Waals surface area (Å²) in [4.78, 5) is 29.1. The van der Waals surface area contributed by atoms with Crippen molar-refractivity contribution < 1.29 is 28.9 Å². The number of hydrogen-bond acceptors (Lipinski definition) is 6. The van der Waals surface area contributed by atoms with Gasteiger partial charge in [0.05, 0.1) is 25.0 Å². The van der Waals surface area contributed by atoms with Crippen LogP contribution in [0.1, 0.15) is 154 Å². The van der Waals surface area contributed by atoms with E-state index in [2.05, 4.69) is 11.9 Å². The Morgan fingerprint density at radius 2 is 1.33 bits per heavy atom. The number of methoxy groups -OCH3 is 1. The average Bonchev–Trinajstić information content (AvgIpc) is 3.48. The van der Waals surface area contributed by atoms with Crippen LogP contribution in [0.3, 0.4) is 0 Å². The quantitative estimate of drug-likeness (QED) is 0.0775. The first-order valence-corrected chi connectivity index (χ1v) is 18.5. The third-order valence-corrected chi connectivity index (χ3v) is 8.78. The molecule has 0 aromatic carbocycles. The zero-order chi connectivity index (χ0) is 33.7. The smallest absolute Gasteiger partial charge is 0.409 e. The summed E-state index contributed by atoms with van der Waals surface area (Å²) < 4.78 is 19.0. The number of aryl methyl sites for hydroxylation is 1. The number of aliphatic carboxylic acids is 1. The molecule has 0 bridgehead atoms. The lowest BCUT2D eigenvalue weighted by Gasteiger charge is -2.28. The number of carbonyl (C=O) groups is 2. The van der Waals surface area contributed by atoms with Crippen molar-refractivity contribution in [2.75, 3.05) is 40.5 Å². The van der Waals surface area contributed by atoms with E-state index >= 15 is 0 Å². The van der Waals surface area contributed by atoms with Crippen LogP contribution in [0, 0.1) is 0 Å². The summed E-state index contributed by atoms with van der Waals surface area (Å²) in [7, 11) is 3.43. The highest BCUT2D eigenvalue weighted by atomic mass is 16.6. The van der Waals surface area contributed by atoms with E-state index in [1.165, 1.54) is 89.9 Å². The number of imidazole rings is 1. The van der Waals surface area contributed by atoms with Crippen molar-refractivity contribution in [1.82, 2.24) is 14.5 Å². The Labute approximate surface area is 281 Å². The minimum Gasteiger partial charge on any atom is -0.481 e. The summed E-state index contributed by atoms with van der Waals surface area (Å²) in [5.41, 5.74) is -0.0743.